The van der Waals surface area contributed by atoms with E-state index in [0.29, 0.717) is 10.8 Å². The van der Waals surface area contributed by atoms with Crippen LogP contribution in [0.4, 0.5) is 5.82 Å². The molecule has 0 aliphatic rings. The quantitative estimate of drug-likeness (QED) is 0.694. The van der Waals surface area contributed by atoms with Gasteiger partial charge in [-0.3, -0.25) is 4.68 Å². The van der Waals surface area contributed by atoms with Gasteiger partial charge in [0.05, 0.1) is 16.7 Å². The van der Waals surface area contributed by atoms with Gasteiger partial charge in [-0.2, -0.15) is 5.10 Å². The largest absolute Gasteiger partial charge is 0.383 e. The summed E-state index contributed by atoms with van der Waals surface area (Å²) in [6, 6.07) is 5.94. The van der Waals surface area contributed by atoms with Crippen LogP contribution >= 0.6 is 11.6 Å². The zero-order valence-electron chi connectivity index (χ0n) is 9.24. The number of aryl methyl sites for hydroxylation is 1. The van der Waals surface area contributed by atoms with Gasteiger partial charge < -0.3 is 10.7 Å². The normalized spacial score (nSPS) is 11.2. The number of rotatable bonds is 1. The fourth-order valence-corrected chi connectivity index (χ4v) is 2.21. The molecule has 0 amide bonds. The van der Waals surface area contributed by atoms with Crippen LogP contribution in [-0.4, -0.2) is 14.8 Å². The van der Waals surface area contributed by atoms with E-state index in [1.807, 2.05) is 25.2 Å². The van der Waals surface area contributed by atoms with E-state index in [0.717, 1.165) is 22.0 Å². The van der Waals surface area contributed by atoms with Crippen molar-refractivity contribution in [1.82, 2.24) is 14.8 Å². The monoisotopic (exact) mass is 246 g/mol. The Kier molecular flexibility index (Phi) is 2.12. The summed E-state index contributed by atoms with van der Waals surface area (Å²) in [6.07, 6.45) is 3.54. The van der Waals surface area contributed by atoms with E-state index < -0.39 is 0 Å². The van der Waals surface area contributed by atoms with Gasteiger partial charge in [0.15, 0.2) is 0 Å². The first-order valence-corrected chi connectivity index (χ1v) is 5.59. The highest BCUT2D eigenvalue weighted by Crippen LogP contribution is 2.33. The van der Waals surface area contributed by atoms with E-state index in [4.69, 9.17) is 17.3 Å². The second-order valence-electron chi connectivity index (χ2n) is 3.93. The Hall–Kier alpha value is -1.94. The first-order chi connectivity index (χ1) is 8.18. The Morgan fingerprint density at radius 3 is 2.88 bits per heavy atom. The van der Waals surface area contributed by atoms with Crippen LogP contribution in [0.15, 0.2) is 30.6 Å². The van der Waals surface area contributed by atoms with Crippen molar-refractivity contribution in [2.75, 3.05) is 5.73 Å². The van der Waals surface area contributed by atoms with Crippen molar-refractivity contribution in [2.45, 2.75) is 0 Å². The van der Waals surface area contributed by atoms with Gasteiger partial charge in [-0.15, -0.1) is 0 Å². The average molecular weight is 247 g/mol. The summed E-state index contributed by atoms with van der Waals surface area (Å²) in [5, 5.41) is 5.86. The highest BCUT2D eigenvalue weighted by atomic mass is 35.5. The van der Waals surface area contributed by atoms with Gasteiger partial charge in [-0.1, -0.05) is 29.8 Å². The van der Waals surface area contributed by atoms with Crippen molar-refractivity contribution in [3.05, 3.63) is 35.6 Å². The Morgan fingerprint density at radius 2 is 2.18 bits per heavy atom. The van der Waals surface area contributed by atoms with Crippen molar-refractivity contribution in [3.8, 4) is 11.1 Å². The maximum Gasteiger partial charge on any atom is 0.129 e. The molecule has 5 heteroatoms. The van der Waals surface area contributed by atoms with Gasteiger partial charge in [-0.05, 0) is 0 Å². The third-order valence-corrected chi connectivity index (χ3v) is 3.25. The lowest BCUT2D eigenvalue weighted by atomic mass is 10.1. The summed E-state index contributed by atoms with van der Waals surface area (Å²) in [5.41, 5.74) is 8.90. The summed E-state index contributed by atoms with van der Waals surface area (Å²) in [4.78, 5) is 3.17. The van der Waals surface area contributed by atoms with Crippen LogP contribution in [0, 0.1) is 0 Å². The molecule has 0 fully saturated rings. The molecule has 0 atom stereocenters. The third kappa shape index (κ3) is 1.41. The molecule has 0 bridgehead atoms. The zero-order chi connectivity index (χ0) is 12.0. The first kappa shape index (κ1) is 10.2. The maximum atomic E-state index is 6.09. The van der Waals surface area contributed by atoms with E-state index in [2.05, 4.69) is 10.1 Å². The molecule has 0 aliphatic carbocycles. The smallest absolute Gasteiger partial charge is 0.129 e. The van der Waals surface area contributed by atoms with Crippen LogP contribution in [0.1, 0.15) is 0 Å². The maximum absolute atomic E-state index is 6.09. The highest BCUT2D eigenvalue weighted by molar-refractivity contribution is 6.36. The number of H-pyrrole nitrogens is 1. The molecule has 2 aromatic heterocycles. The lowest BCUT2D eigenvalue weighted by molar-refractivity contribution is 0.779. The van der Waals surface area contributed by atoms with E-state index in [1.54, 1.807) is 17.1 Å². The van der Waals surface area contributed by atoms with E-state index in [-0.39, 0.29) is 0 Å². The molecular weight excluding hydrogens is 236 g/mol. The van der Waals surface area contributed by atoms with Crippen LogP contribution < -0.4 is 5.73 Å². The van der Waals surface area contributed by atoms with Gasteiger partial charge in [0.25, 0.3) is 0 Å². The Labute approximate surface area is 103 Å². The number of hydrogen-bond acceptors (Lipinski definition) is 2. The van der Waals surface area contributed by atoms with Gasteiger partial charge in [0.2, 0.25) is 0 Å². The van der Waals surface area contributed by atoms with Crippen molar-refractivity contribution in [2.24, 2.45) is 7.05 Å². The van der Waals surface area contributed by atoms with E-state index >= 15 is 0 Å². The molecule has 17 heavy (non-hydrogen) atoms. The Balaban J connectivity index is 2.34. The number of nitrogens with two attached hydrogens (primary N) is 1. The molecule has 86 valence electrons. The Bertz CT molecular complexity index is 696. The highest BCUT2D eigenvalue weighted by Gasteiger charge is 2.12. The second-order valence-corrected chi connectivity index (χ2v) is 4.34. The summed E-state index contributed by atoms with van der Waals surface area (Å²) >= 11 is 6.09. The lowest BCUT2D eigenvalue weighted by Gasteiger charge is -2.02. The number of nitrogens with zero attached hydrogens (tertiary/aromatic N) is 2. The summed E-state index contributed by atoms with van der Waals surface area (Å²) in [6.45, 7) is 0. The number of para-hydroxylation sites is 1. The van der Waals surface area contributed by atoms with Crippen LogP contribution in [0.5, 0.6) is 0 Å². The number of benzene rings is 1. The number of nitrogens with one attached hydrogen (secondary N) is 1. The van der Waals surface area contributed by atoms with E-state index in [1.165, 1.54) is 0 Å². The van der Waals surface area contributed by atoms with Crippen LogP contribution in [-0.2, 0) is 7.05 Å². The molecule has 0 saturated carbocycles. The summed E-state index contributed by atoms with van der Waals surface area (Å²) in [5.74, 6) is 0.642. The van der Waals surface area contributed by atoms with E-state index in [9.17, 15) is 0 Å². The molecule has 2 heterocycles. The third-order valence-electron chi connectivity index (χ3n) is 2.94. The van der Waals surface area contributed by atoms with Crippen molar-refractivity contribution >= 4 is 28.3 Å². The molecule has 0 spiro atoms. The van der Waals surface area contributed by atoms with Crippen LogP contribution in [0.25, 0.3) is 22.0 Å². The topological polar surface area (TPSA) is 59.6 Å². The molecule has 0 aliphatic heterocycles. The summed E-state index contributed by atoms with van der Waals surface area (Å²) in [7, 11) is 1.82. The van der Waals surface area contributed by atoms with Gasteiger partial charge >= 0.3 is 0 Å². The number of nitrogen functional groups attached to an aromatic ring is 1. The minimum absolute atomic E-state index is 0.642. The number of aromatic amines is 1. The average Bonchev–Trinajstić information content (AvgIpc) is 2.86. The predicted octanol–water partition coefficient (Wildman–Crippen LogP) is 2.80. The predicted molar refractivity (Wildman–Crippen MR) is 69.9 cm³/mol. The first-order valence-electron chi connectivity index (χ1n) is 5.22. The van der Waals surface area contributed by atoms with Crippen molar-refractivity contribution in [1.29, 1.82) is 0 Å². The van der Waals surface area contributed by atoms with Gasteiger partial charge in [0.1, 0.15) is 5.82 Å². The Morgan fingerprint density at radius 1 is 1.35 bits per heavy atom. The molecule has 3 rings (SSSR count). The van der Waals surface area contributed by atoms with Crippen LogP contribution in [0.3, 0.4) is 0 Å². The lowest BCUT2D eigenvalue weighted by Crippen LogP contribution is -1.98. The van der Waals surface area contributed by atoms with Crippen LogP contribution in [0.2, 0.25) is 5.02 Å². The molecule has 0 radical (unpaired) electrons. The molecule has 0 unspecified atom stereocenters. The molecular formula is C12H11ClN4. The molecule has 0 saturated heterocycles. The molecule has 1 aromatic carbocycles. The minimum Gasteiger partial charge on any atom is -0.383 e. The molecule has 3 N–H and O–H groups in total. The fourth-order valence-electron chi connectivity index (χ4n) is 2.00. The second kappa shape index (κ2) is 3.53. The number of aromatic nitrogens is 3. The van der Waals surface area contributed by atoms with Crippen molar-refractivity contribution < 1.29 is 0 Å². The zero-order valence-corrected chi connectivity index (χ0v) is 9.99. The van der Waals surface area contributed by atoms with Crippen molar-refractivity contribution in [3.63, 3.8) is 0 Å². The molecule has 4 nitrogen and oxygen atoms in total. The molecule has 3 aromatic rings. The fraction of sp³-hybridized carbons (Fsp3) is 0.0833. The SMILES string of the molecule is Cn1ncc(-c2cccc3c(Cl)c[nH]c23)c1N. The standard InChI is InChI=1S/C12H11ClN4/c1-17-12(14)9(5-16-17)7-3-2-4-8-10(13)6-15-11(7)8/h2-6,15H,14H2,1H3. The number of fused-ring (bicyclic) bond motifs is 1. The van der Waals surface area contributed by atoms with Gasteiger partial charge in [-0.25, -0.2) is 0 Å². The summed E-state index contributed by atoms with van der Waals surface area (Å²) < 4.78 is 1.65. The minimum atomic E-state index is 0.642. The van der Waals surface area contributed by atoms with Gasteiger partial charge in [0, 0.05) is 29.8 Å². The number of halogens is 1. The number of anilines is 1. The number of hydrogen-bond donors (Lipinski definition) is 2.